The molecule has 6 heteroatoms. The van der Waals surface area contributed by atoms with E-state index >= 15 is 0 Å². The molecule has 2 heterocycles. The monoisotopic (exact) mass is 382 g/mol. The smallest absolute Gasteiger partial charge is 0.142 e. The molecule has 3 aromatic rings. The first-order valence-corrected chi connectivity index (χ1v) is 8.84. The van der Waals surface area contributed by atoms with Crippen LogP contribution >= 0.6 is 0 Å². The number of hydrogen-bond acceptors (Lipinski definition) is 5. The number of nitrogens with two attached hydrogens (primary N) is 1. The van der Waals surface area contributed by atoms with E-state index in [1.165, 1.54) is 12.1 Å². The lowest BCUT2D eigenvalue weighted by molar-refractivity contribution is 0.571. The highest BCUT2D eigenvalue weighted by Crippen LogP contribution is 2.44. The van der Waals surface area contributed by atoms with Crippen LogP contribution in [0.25, 0.3) is 28.5 Å². The van der Waals surface area contributed by atoms with Gasteiger partial charge in [0.2, 0.25) is 0 Å². The van der Waals surface area contributed by atoms with Crippen LogP contribution in [0.15, 0.2) is 46.4 Å². The third kappa shape index (κ3) is 2.88. The van der Waals surface area contributed by atoms with E-state index < -0.39 is 0 Å². The van der Waals surface area contributed by atoms with E-state index in [1.807, 2.05) is 13.0 Å². The van der Waals surface area contributed by atoms with Crippen molar-refractivity contribution in [3.63, 3.8) is 0 Å². The Morgan fingerprint density at radius 1 is 1.07 bits per heavy atom. The molecule has 29 heavy (non-hydrogen) atoms. The first-order chi connectivity index (χ1) is 13.9. The van der Waals surface area contributed by atoms with Gasteiger partial charge in [-0.1, -0.05) is 0 Å². The number of pyridine rings is 1. The molecule has 0 bridgehead atoms. The van der Waals surface area contributed by atoms with Crippen LogP contribution in [0.1, 0.15) is 35.1 Å². The van der Waals surface area contributed by atoms with Crippen molar-refractivity contribution < 1.29 is 8.81 Å². The molecule has 0 aliphatic heterocycles. The van der Waals surface area contributed by atoms with Crippen molar-refractivity contribution in [1.82, 2.24) is 4.98 Å². The van der Waals surface area contributed by atoms with Crippen LogP contribution in [0, 0.1) is 35.4 Å². The number of aromatic nitrogens is 1. The third-order valence-electron chi connectivity index (χ3n) is 5.03. The fourth-order valence-electron chi connectivity index (χ4n) is 3.54. The first kappa shape index (κ1) is 18.2. The molecule has 0 unspecified atom stereocenters. The van der Waals surface area contributed by atoms with Crippen molar-refractivity contribution in [3.05, 3.63) is 75.9 Å². The number of halogens is 1. The average molecular weight is 382 g/mol. The van der Waals surface area contributed by atoms with Crippen LogP contribution in [0.4, 0.5) is 10.2 Å². The number of nitrogens with zero attached hydrogens (tertiary/aromatic N) is 3. The predicted octanol–water partition coefficient (Wildman–Crippen LogP) is 5.09. The van der Waals surface area contributed by atoms with Gasteiger partial charge in [-0.05, 0) is 73.0 Å². The van der Waals surface area contributed by atoms with Gasteiger partial charge < -0.3 is 10.2 Å². The van der Waals surface area contributed by atoms with Gasteiger partial charge in [0.15, 0.2) is 0 Å². The zero-order valence-electron chi connectivity index (χ0n) is 15.7. The van der Waals surface area contributed by atoms with Gasteiger partial charge in [0.05, 0.1) is 16.8 Å². The summed E-state index contributed by atoms with van der Waals surface area (Å²) in [5.41, 5.74) is 10.8. The maximum Gasteiger partial charge on any atom is 0.142 e. The fraction of sp³-hybridized carbons (Fsp3) is 0.0870. The lowest BCUT2D eigenvalue weighted by Gasteiger charge is -2.10. The van der Waals surface area contributed by atoms with Gasteiger partial charge in [-0.15, -0.1) is 0 Å². The van der Waals surface area contributed by atoms with Gasteiger partial charge in [-0.2, -0.15) is 10.5 Å². The molecule has 0 atom stereocenters. The molecule has 1 aromatic carbocycles. The molecule has 1 aliphatic rings. The minimum Gasteiger partial charge on any atom is -0.457 e. The fourth-order valence-corrected chi connectivity index (χ4v) is 3.54. The van der Waals surface area contributed by atoms with Gasteiger partial charge in [-0.3, -0.25) is 0 Å². The lowest BCUT2D eigenvalue weighted by Crippen LogP contribution is -2.03. The zero-order valence-corrected chi connectivity index (χ0v) is 15.7. The van der Waals surface area contributed by atoms with E-state index in [2.05, 4.69) is 17.1 Å². The molecule has 0 amide bonds. The van der Waals surface area contributed by atoms with Crippen LogP contribution in [0.5, 0.6) is 0 Å². The summed E-state index contributed by atoms with van der Waals surface area (Å²) < 4.78 is 19.1. The summed E-state index contributed by atoms with van der Waals surface area (Å²) in [6.07, 6.45) is 1.82. The first-order valence-electron chi connectivity index (χ1n) is 8.84. The van der Waals surface area contributed by atoms with Crippen LogP contribution in [-0.4, -0.2) is 4.98 Å². The standard InChI is InChI=1S/C23H15FN4O/c1-12-17(9-16-7-8-20(29-16)14-3-5-15(24)6-4-14)21-13(2)19(11-26)23(27)28-22(21)18(12)10-25/h3-9H,1-2H3,(H2,27,28)/b17-9-. The van der Waals surface area contributed by atoms with Gasteiger partial charge >= 0.3 is 0 Å². The largest absolute Gasteiger partial charge is 0.457 e. The average Bonchev–Trinajstić information content (AvgIpc) is 3.26. The van der Waals surface area contributed by atoms with E-state index in [0.717, 1.165) is 16.7 Å². The van der Waals surface area contributed by atoms with Crippen LogP contribution in [0.3, 0.4) is 0 Å². The molecule has 4 rings (SSSR count). The minimum absolute atomic E-state index is 0.113. The zero-order chi connectivity index (χ0) is 20.7. The number of hydrogen-bond donors (Lipinski definition) is 1. The summed E-state index contributed by atoms with van der Waals surface area (Å²) in [7, 11) is 0. The number of furan rings is 1. The maximum absolute atomic E-state index is 13.2. The highest BCUT2D eigenvalue weighted by molar-refractivity contribution is 6.08. The normalized spacial score (nSPS) is 14.0. The highest BCUT2D eigenvalue weighted by Gasteiger charge is 2.29. The molecular weight excluding hydrogens is 367 g/mol. The third-order valence-corrected chi connectivity index (χ3v) is 5.03. The van der Waals surface area contributed by atoms with Gasteiger partial charge in [0.25, 0.3) is 0 Å². The Hall–Kier alpha value is -4.16. The van der Waals surface area contributed by atoms with E-state index in [1.54, 1.807) is 31.2 Å². The number of nitrogen functional groups attached to an aromatic ring is 1. The number of fused-ring (bicyclic) bond motifs is 1. The summed E-state index contributed by atoms with van der Waals surface area (Å²) in [5.74, 6) is 0.966. The van der Waals surface area contributed by atoms with Crippen molar-refractivity contribution in [2.45, 2.75) is 13.8 Å². The van der Waals surface area contributed by atoms with Crippen molar-refractivity contribution in [2.24, 2.45) is 0 Å². The Balaban J connectivity index is 1.86. The molecule has 1 aliphatic carbocycles. The molecule has 2 N–H and O–H groups in total. The quantitative estimate of drug-likeness (QED) is 0.665. The molecule has 140 valence electrons. The second-order valence-corrected chi connectivity index (χ2v) is 6.71. The van der Waals surface area contributed by atoms with E-state index in [4.69, 9.17) is 10.2 Å². The van der Waals surface area contributed by atoms with Crippen LogP contribution < -0.4 is 5.73 Å². The van der Waals surface area contributed by atoms with Crippen molar-refractivity contribution >= 4 is 23.0 Å². The SMILES string of the molecule is CC1=C(C#N)c2nc(N)c(C#N)c(C)c2/C1=C\c1ccc(-c2ccc(F)cc2)o1. The van der Waals surface area contributed by atoms with Gasteiger partial charge in [-0.25, -0.2) is 9.37 Å². The summed E-state index contributed by atoms with van der Waals surface area (Å²) in [5, 5.41) is 19.0. The molecule has 2 aromatic heterocycles. The molecule has 0 spiro atoms. The molecule has 0 fully saturated rings. The Labute approximate surface area is 166 Å². The number of nitriles is 2. The van der Waals surface area contributed by atoms with E-state index in [9.17, 15) is 14.9 Å². The van der Waals surface area contributed by atoms with E-state index in [-0.39, 0.29) is 11.6 Å². The Morgan fingerprint density at radius 3 is 2.45 bits per heavy atom. The second kappa shape index (κ2) is 6.78. The summed E-state index contributed by atoms with van der Waals surface area (Å²) >= 11 is 0. The number of rotatable bonds is 2. The van der Waals surface area contributed by atoms with Gasteiger partial charge in [0.1, 0.15) is 35.3 Å². The number of allylic oxidation sites excluding steroid dienone is 3. The van der Waals surface area contributed by atoms with Crippen molar-refractivity contribution in [2.75, 3.05) is 5.73 Å². The maximum atomic E-state index is 13.2. The minimum atomic E-state index is -0.314. The number of anilines is 1. The van der Waals surface area contributed by atoms with Crippen molar-refractivity contribution in [1.29, 1.82) is 10.5 Å². The number of benzene rings is 1. The molecule has 0 radical (unpaired) electrons. The topological polar surface area (TPSA) is 99.6 Å². The predicted molar refractivity (Wildman–Crippen MR) is 108 cm³/mol. The summed E-state index contributed by atoms with van der Waals surface area (Å²) in [6, 6.07) is 13.9. The molecule has 0 saturated carbocycles. The molecule has 5 nitrogen and oxygen atoms in total. The van der Waals surface area contributed by atoms with Gasteiger partial charge in [0, 0.05) is 11.1 Å². The highest BCUT2D eigenvalue weighted by atomic mass is 19.1. The molecular formula is C23H15FN4O. The van der Waals surface area contributed by atoms with Crippen LogP contribution in [-0.2, 0) is 0 Å². The Morgan fingerprint density at radius 2 is 1.79 bits per heavy atom. The second-order valence-electron chi connectivity index (χ2n) is 6.71. The Bertz CT molecular complexity index is 1300. The van der Waals surface area contributed by atoms with Crippen molar-refractivity contribution in [3.8, 4) is 23.5 Å². The van der Waals surface area contributed by atoms with Crippen LogP contribution in [0.2, 0.25) is 0 Å². The lowest BCUT2D eigenvalue weighted by atomic mass is 9.96. The molecule has 0 saturated heterocycles. The Kier molecular flexibility index (Phi) is 4.26. The van der Waals surface area contributed by atoms with E-state index in [0.29, 0.717) is 39.5 Å². The summed E-state index contributed by atoms with van der Waals surface area (Å²) in [4.78, 5) is 4.31. The summed E-state index contributed by atoms with van der Waals surface area (Å²) in [6.45, 7) is 3.63.